The molecule has 0 saturated carbocycles. The number of hydrogen-bond donors (Lipinski definition) is 0. The van der Waals surface area contributed by atoms with Crippen LogP contribution in [-0.4, -0.2) is 9.55 Å². The summed E-state index contributed by atoms with van der Waals surface area (Å²) < 4.78 is 2.23. The lowest BCUT2D eigenvalue weighted by atomic mass is 9.85. The number of aromatic nitrogens is 2. The van der Waals surface area contributed by atoms with Crippen molar-refractivity contribution in [3.05, 3.63) is 194 Å². The summed E-state index contributed by atoms with van der Waals surface area (Å²) in [5.74, 6) is 0.827. The number of imidazole rings is 1. The number of nitrogens with zero attached hydrogens (tertiary/aromatic N) is 3. The van der Waals surface area contributed by atoms with Crippen LogP contribution in [0.2, 0.25) is 0 Å². The Bertz CT molecular complexity index is 3000. The van der Waals surface area contributed by atoms with E-state index in [1.54, 1.807) is 0 Å². The van der Waals surface area contributed by atoms with Crippen molar-refractivity contribution in [1.82, 2.24) is 9.55 Å². The number of rotatable bonds is 5. The molecule has 0 radical (unpaired) electrons. The lowest BCUT2D eigenvalue weighted by Gasteiger charge is -2.19. The van der Waals surface area contributed by atoms with E-state index in [4.69, 9.17) is 4.98 Å². The number of benzene rings is 9. The molecule has 0 spiro atoms. The first-order valence-electron chi connectivity index (χ1n) is 17.9. The Labute approximate surface area is 307 Å². The first-order chi connectivity index (χ1) is 26.2. The van der Waals surface area contributed by atoms with Gasteiger partial charge in [0.1, 0.15) is 5.82 Å². The zero-order valence-corrected chi connectivity index (χ0v) is 28.7. The molecule has 1 aromatic heterocycles. The van der Waals surface area contributed by atoms with E-state index in [-0.39, 0.29) is 0 Å². The second-order valence-corrected chi connectivity index (χ2v) is 13.5. The summed E-state index contributed by atoms with van der Waals surface area (Å²) in [4.78, 5) is 5.15. The molecule has 0 aliphatic carbocycles. The Hall–Kier alpha value is -7.28. The first kappa shape index (κ1) is 30.5. The normalized spacial score (nSPS) is 11.4. The van der Waals surface area contributed by atoms with E-state index in [0.717, 1.165) is 39.2 Å². The summed E-state index contributed by atoms with van der Waals surface area (Å²) in [6.07, 6.45) is 0. The SMILES string of the molecule is N#Cc1ccc2c(c1)nc(-c1ccc(-c3ccccc3)cc1)n2-c1cccc(-c2c3ccccc3c(-c3ccc4ccccc4c3)c3ccccc23)c1. The molecule has 3 heteroatoms. The van der Waals surface area contributed by atoms with E-state index in [1.165, 1.54) is 54.6 Å². The smallest absolute Gasteiger partial charge is 0.145 e. The van der Waals surface area contributed by atoms with Crippen LogP contribution in [0.5, 0.6) is 0 Å². The topological polar surface area (TPSA) is 41.6 Å². The fraction of sp³-hybridized carbons (Fsp3) is 0. The molecule has 0 fully saturated rings. The van der Waals surface area contributed by atoms with Crippen molar-refractivity contribution in [2.24, 2.45) is 0 Å². The Morgan fingerprint density at radius 2 is 0.962 bits per heavy atom. The maximum absolute atomic E-state index is 9.74. The highest BCUT2D eigenvalue weighted by molar-refractivity contribution is 6.21. The van der Waals surface area contributed by atoms with E-state index in [0.29, 0.717) is 5.56 Å². The molecule has 246 valence electrons. The van der Waals surface area contributed by atoms with Crippen LogP contribution in [0.15, 0.2) is 188 Å². The Kier molecular flexibility index (Phi) is 7.20. The van der Waals surface area contributed by atoms with E-state index in [9.17, 15) is 5.26 Å². The molecule has 0 bridgehead atoms. The van der Waals surface area contributed by atoms with Gasteiger partial charge in [-0.3, -0.25) is 4.57 Å². The molecule has 10 aromatic rings. The minimum Gasteiger partial charge on any atom is -0.292 e. The van der Waals surface area contributed by atoms with Gasteiger partial charge in [0.2, 0.25) is 0 Å². The van der Waals surface area contributed by atoms with Gasteiger partial charge in [-0.25, -0.2) is 4.98 Å². The molecule has 0 unspecified atom stereocenters. The van der Waals surface area contributed by atoms with Gasteiger partial charge in [-0.05, 0) is 102 Å². The van der Waals surface area contributed by atoms with Gasteiger partial charge >= 0.3 is 0 Å². The van der Waals surface area contributed by atoms with Crippen molar-refractivity contribution in [3.8, 4) is 56.5 Å². The Morgan fingerprint density at radius 3 is 1.64 bits per heavy atom. The third kappa shape index (κ3) is 5.16. The van der Waals surface area contributed by atoms with Gasteiger partial charge in [0.05, 0.1) is 22.7 Å². The fourth-order valence-electron chi connectivity index (χ4n) is 7.94. The van der Waals surface area contributed by atoms with Crippen molar-refractivity contribution < 1.29 is 0 Å². The molecule has 0 atom stereocenters. The summed E-state index contributed by atoms with van der Waals surface area (Å²) in [6, 6.07) is 68.8. The van der Waals surface area contributed by atoms with Gasteiger partial charge < -0.3 is 0 Å². The number of hydrogen-bond acceptors (Lipinski definition) is 2. The maximum Gasteiger partial charge on any atom is 0.145 e. The number of nitriles is 1. The standard InChI is InChI=1S/C50H31N3/c51-32-33-21-28-47-46(29-33)52-50(37-25-22-36(23-26-37)34-11-2-1-3-12-34)53(47)41-16-10-15-39(31-41)48-42-17-6-8-19-44(42)49(45-20-9-7-18-43(45)48)40-27-24-35-13-4-5-14-38(35)30-40/h1-31H. The van der Waals surface area contributed by atoms with Crippen molar-refractivity contribution in [1.29, 1.82) is 5.26 Å². The van der Waals surface area contributed by atoms with Gasteiger partial charge in [-0.15, -0.1) is 0 Å². The molecule has 9 aromatic carbocycles. The predicted molar refractivity (Wildman–Crippen MR) is 220 cm³/mol. The highest BCUT2D eigenvalue weighted by atomic mass is 15.1. The number of fused-ring (bicyclic) bond motifs is 4. The van der Waals surface area contributed by atoms with E-state index in [1.807, 2.05) is 24.3 Å². The van der Waals surface area contributed by atoms with E-state index >= 15 is 0 Å². The van der Waals surface area contributed by atoms with Gasteiger partial charge in [0.15, 0.2) is 0 Å². The molecule has 53 heavy (non-hydrogen) atoms. The predicted octanol–water partition coefficient (Wildman–Crippen LogP) is 13.0. The van der Waals surface area contributed by atoms with Gasteiger partial charge in [0.25, 0.3) is 0 Å². The minimum absolute atomic E-state index is 0.589. The van der Waals surface area contributed by atoms with Crippen molar-refractivity contribution in [2.75, 3.05) is 0 Å². The van der Waals surface area contributed by atoms with Gasteiger partial charge in [-0.1, -0.05) is 152 Å². The third-order valence-corrected chi connectivity index (χ3v) is 10.4. The van der Waals surface area contributed by atoms with Gasteiger partial charge in [-0.2, -0.15) is 5.26 Å². The molecular formula is C50H31N3. The largest absolute Gasteiger partial charge is 0.292 e. The monoisotopic (exact) mass is 673 g/mol. The lowest BCUT2D eigenvalue weighted by molar-refractivity contribution is 1.10. The quantitative estimate of drug-likeness (QED) is 0.171. The average Bonchev–Trinajstić information content (AvgIpc) is 3.62. The highest BCUT2D eigenvalue weighted by Crippen LogP contribution is 2.44. The molecule has 0 amide bonds. The second kappa shape index (κ2) is 12.5. The second-order valence-electron chi connectivity index (χ2n) is 13.5. The maximum atomic E-state index is 9.74. The molecule has 0 N–H and O–H groups in total. The summed E-state index contributed by atoms with van der Waals surface area (Å²) in [5.41, 5.74) is 11.4. The molecule has 1 heterocycles. The van der Waals surface area contributed by atoms with Crippen molar-refractivity contribution in [2.45, 2.75) is 0 Å². The molecule has 0 saturated heterocycles. The Balaban J connectivity index is 1.18. The van der Waals surface area contributed by atoms with Crippen LogP contribution in [0.3, 0.4) is 0 Å². The van der Waals surface area contributed by atoms with E-state index < -0.39 is 0 Å². The van der Waals surface area contributed by atoms with Crippen LogP contribution in [-0.2, 0) is 0 Å². The van der Waals surface area contributed by atoms with Crippen molar-refractivity contribution >= 4 is 43.4 Å². The minimum atomic E-state index is 0.589. The summed E-state index contributed by atoms with van der Waals surface area (Å²) >= 11 is 0. The zero-order chi connectivity index (χ0) is 35.3. The summed E-state index contributed by atoms with van der Waals surface area (Å²) in [7, 11) is 0. The van der Waals surface area contributed by atoms with Crippen LogP contribution in [0.25, 0.3) is 93.8 Å². The molecule has 10 rings (SSSR count). The third-order valence-electron chi connectivity index (χ3n) is 10.4. The molecule has 0 aliphatic rings. The van der Waals surface area contributed by atoms with Crippen LogP contribution < -0.4 is 0 Å². The van der Waals surface area contributed by atoms with E-state index in [2.05, 4.69) is 174 Å². The average molecular weight is 674 g/mol. The first-order valence-corrected chi connectivity index (χ1v) is 17.9. The molecule has 0 aliphatic heterocycles. The molecular weight excluding hydrogens is 643 g/mol. The summed E-state index contributed by atoms with van der Waals surface area (Å²) in [5, 5.41) is 17.1. The summed E-state index contributed by atoms with van der Waals surface area (Å²) in [6.45, 7) is 0. The van der Waals surface area contributed by atoms with Crippen molar-refractivity contribution in [3.63, 3.8) is 0 Å². The van der Waals surface area contributed by atoms with Crippen LogP contribution >= 0.6 is 0 Å². The molecule has 3 nitrogen and oxygen atoms in total. The fourth-order valence-corrected chi connectivity index (χ4v) is 7.94. The lowest BCUT2D eigenvalue weighted by Crippen LogP contribution is -1.98. The zero-order valence-electron chi connectivity index (χ0n) is 28.7. The van der Waals surface area contributed by atoms with Crippen LogP contribution in [0.1, 0.15) is 5.56 Å². The van der Waals surface area contributed by atoms with Gasteiger partial charge in [0, 0.05) is 11.3 Å². The Morgan fingerprint density at radius 1 is 0.415 bits per heavy atom. The van der Waals surface area contributed by atoms with Crippen LogP contribution in [0.4, 0.5) is 0 Å². The van der Waals surface area contributed by atoms with Crippen LogP contribution in [0, 0.1) is 11.3 Å². The highest BCUT2D eigenvalue weighted by Gasteiger charge is 2.19.